The Morgan fingerprint density at radius 2 is 1.94 bits per heavy atom. The maximum atomic E-state index is 5.24. The lowest BCUT2D eigenvalue weighted by molar-refractivity contribution is 0.152. The summed E-state index contributed by atoms with van der Waals surface area (Å²) in [6, 6.07) is 0. The number of rotatable bonds is 9. The summed E-state index contributed by atoms with van der Waals surface area (Å²) < 4.78 is 5.24. The van der Waals surface area contributed by atoms with Crippen molar-refractivity contribution < 1.29 is 4.74 Å². The molecule has 0 heterocycles. The van der Waals surface area contributed by atoms with Gasteiger partial charge in [-0.05, 0) is 31.8 Å². The molecule has 17 heavy (non-hydrogen) atoms. The van der Waals surface area contributed by atoms with E-state index >= 15 is 0 Å². The Hall–Kier alpha value is 0.310. The number of halogens is 1. The molecule has 0 radical (unpaired) electrons. The number of hydrogen-bond donors (Lipinski definition) is 2. The minimum absolute atomic E-state index is 0. The van der Waals surface area contributed by atoms with E-state index in [0.29, 0.717) is 0 Å². The third-order valence-corrected chi connectivity index (χ3v) is 2.73. The van der Waals surface area contributed by atoms with Crippen LogP contribution in [0.25, 0.3) is 0 Å². The normalized spacial score (nSPS) is 10.9. The Labute approximate surface area is 127 Å². The zero-order chi connectivity index (χ0) is 12.1. The van der Waals surface area contributed by atoms with Crippen LogP contribution in [0.15, 0.2) is 4.99 Å². The Balaban J connectivity index is 0. The summed E-state index contributed by atoms with van der Waals surface area (Å²) in [6.45, 7) is 5.28. The van der Waals surface area contributed by atoms with Crippen LogP contribution in [-0.2, 0) is 4.74 Å². The Bertz CT molecular complexity index is 182. The molecule has 2 N–H and O–H groups in total. The van der Waals surface area contributed by atoms with E-state index in [9.17, 15) is 0 Å². The zero-order valence-electron chi connectivity index (χ0n) is 11.1. The molecule has 0 aliphatic carbocycles. The third-order valence-electron chi connectivity index (χ3n) is 2.03. The summed E-state index contributed by atoms with van der Waals surface area (Å²) in [5.74, 6) is 2.10. The minimum atomic E-state index is 0. The number of hydrogen-bond acceptors (Lipinski definition) is 3. The first-order valence-electron chi connectivity index (χ1n) is 5.86. The van der Waals surface area contributed by atoms with Gasteiger partial charge in [0.15, 0.2) is 5.96 Å². The van der Waals surface area contributed by atoms with E-state index in [1.807, 2.05) is 18.7 Å². The predicted molar refractivity (Wildman–Crippen MR) is 88.9 cm³/mol. The van der Waals surface area contributed by atoms with Crippen molar-refractivity contribution in [3.63, 3.8) is 0 Å². The average Bonchev–Trinajstić information content (AvgIpc) is 2.31. The summed E-state index contributed by atoms with van der Waals surface area (Å²) >= 11 is 1.90. The summed E-state index contributed by atoms with van der Waals surface area (Å²) in [4.78, 5) is 4.14. The van der Waals surface area contributed by atoms with Gasteiger partial charge in [-0.1, -0.05) is 0 Å². The zero-order valence-corrected chi connectivity index (χ0v) is 14.3. The van der Waals surface area contributed by atoms with E-state index in [4.69, 9.17) is 4.74 Å². The smallest absolute Gasteiger partial charge is 0.191 e. The van der Waals surface area contributed by atoms with Crippen molar-refractivity contribution in [1.29, 1.82) is 0 Å². The second-order valence-electron chi connectivity index (χ2n) is 3.32. The fourth-order valence-electron chi connectivity index (χ4n) is 1.18. The fourth-order valence-corrected chi connectivity index (χ4v) is 1.68. The van der Waals surface area contributed by atoms with Crippen LogP contribution in [0.5, 0.6) is 0 Å². The summed E-state index contributed by atoms with van der Waals surface area (Å²) in [6.07, 6.45) is 4.58. The summed E-state index contributed by atoms with van der Waals surface area (Å²) in [5, 5.41) is 6.48. The van der Waals surface area contributed by atoms with Crippen LogP contribution in [0.4, 0.5) is 0 Å². The Morgan fingerprint density at radius 3 is 2.53 bits per heavy atom. The molecule has 0 saturated heterocycles. The van der Waals surface area contributed by atoms with Crippen molar-refractivity contribution in [2.45, 2.75) is 19.8 Å². The molecule has 0 fully saturated rings. The highest BCUT2D eigenvalue weighted by Crippen LogP contribution is 1.97. The molecule has 0 bridgehead atoms. The molecule has 0 atom stereocenters. The summed E-state index contributed by atoms with van der Waals surface area (Å²) in [7, 11) is 1.79. The van der Waals surface area contributed by atoms with Crippen molar-refractivity contribution in [1.82, 2.24) is 10.6 Å². The first-order valence-corrected chi connectivity index (χ1v) is 7.25. The highest BCUT2D eigenvalue weighted by Gasteiger charge is 1.95. The molecule has 0 amide bonds. The first kappa shape index (κ1) is 19.6. The van der Waals surface area contributed by atoms with E-state index in [1.165, 1.54) is 18.6 Å². The number of ether oxygens (including phenoxy) is 1. The van der Waals surface area contributed by atoms with Crippen LogP contribution in [0.1, 0.15) is 19.8 Å². The standard InChI is InChI=1S/C11H25N3OS.HI/c1-4-15-9-8-14-11(12-2)13-7-5-6-10-16-3;/h4-10H2,1-3H3,(H2,12,13,14);1H. The molecule has 0 saturated carbocycles. The highest BCUT2D eigenvalue weighted by atomic mass is 127. The monoisotopic (exact) mass is 375 g/mol. The first-order chi connectivity index (χ1) is 7.85. The largest absolute Gasteiger partial charge is 0.380 e. The van der Waals surface area contributed by atoms with E-state index < -0.39 is 0 Å². The second kappa shape index (κ2) is 16.3. The van der Waals surface area contributed by atoms with Crippen LogP contribution in [-0.4, -0.2) is 51.3 Å². The van der Waals surface area contributed by atoms with Gasteiger partial charge in [-0.3, -0.25) is 4.99 Å². The highest BCUT2D eigenvalue weighted by molar-refractivity contribution is 14.0. The Kier molecular flexibility index (Phi) is 18.8. The number of aliphatic imine (C=N–C) groups is 1. The van der Waals surface area contributed by atoms with Gasteiger partial charge in [0.2, 0.25) is 0 Å². The van der Waals surface area contributed by atoms with E-state index in [1.54, 1.807) is 7.05 Å². The molecule has 0 unspecified atom stereocenters. The molecule has 6 heteroatoms. The molecule has 0 aromatic rings. The van der Waals surface area contributed by atoms with Crippen LogP contribution in [0, 0.1) is 0 Å². The number of thioether (sulfide) groups is 1. The lowest BCUT2D eigenvalue weighted by Gasteiger charge is -2.11. The second-order valence-corrected chi connectivity index (χ2v) is 4.31. The lowest BCUT2D eigenvalue weighted by Crippen LogP contribution is -2.39. The lowest BCUT2D eigenvalue weighted by atomic mass is 10.3. The van der Waals surface area contributed by atoms with Gasteiger partial charge in [-0.15, -0.1) is 24.0 Å². The predicted octanol–water partition coefficient (Wildman–Crippen LogP) is 1.95. The van der Waals surface area contributed by atoms with Crippen molar-refractivity contribution in [2.24, 2.45) is 4.99 Å². The van der Waals surface area contributed by atoms with E-state index in [2.05, 4.69) is 21.9 Å². The van der Waals surface area contributed by atoms with Crippen LogP contribution in [0.3, 0.4) is 0 Å². The van der Waals surface area contributed by atoms with E-state index in [-0.39, 0.29) is 24.0 Å². The van der Waals surface area contributed by atoms with Gasteiger partial charge >= 0.3 is 0 Å². The molecule has 0 aromatic carbocycles. The van der Waals surface area contributed by atoms with E-state index in [0.717, 1.165) is 32.3 Å². The van der Waals surface area contributed by atoms with Crippen LogP contribution in [0.2, 0.25) is 0 Å². The average molecular weight is 375 g/mol. The van der Waals surface area contributed by atoms with Gasteiger partial charge in [-0.2, -0.15) is 11.8 Å². The molecular formula is C11H26IN3OS. The topological polar surface area (TPSA) is 45.6 Å². The molecule has 0 spiro atoms. The maximum Gasteiger partial charge on any atom is 0.191 e. The van der Waals surface area contributed by atoms with Crippen molar-refractivity contribution >= 4 is 41.7 Å². The Morgan fingerprint density at radius 1 is 1.24 bits per heavy atom. The van der Waals surface area contributed by atoms with Crippen molar-refractivity contribution in [3.05, 3.63) is 0 Å². The number of guanidine groups is 1. The maximum absolute atomic E-state index is 5.24. The summed E-state index contributed by atoms with van der Waals surface area (Å²) in [5.41, 5.74) is 0. The molecule has 4 nitrogen and oxygen atoms in total. The molecule has 0 aromatic heterocycles. The fraction of sp³-hybridized carbons (Fsp3) is 0.909. The van der Waals surface area contributed by atoms with Gasteiger partial charge in [-0.25, -0.2) is 0 Å². The SMILES string of the molecule is CCOCCNC(=NC)NCCCCSC.I. The molecule has 0 aliphatic rings. The van der Waals surface area contributed by atoms with Gasteiger partial charge in [0.25, 0.3) is 0 Å². The third kappa shape index (κ3) is 14.2. The van der Waals surface area contributed by atoms with Crippen molar-refractivity contribution in [2.75, 3.05) is 45.4 Å². The molecular weight excluding hydrogens is 349 g/mol. The molecule has 0 rings (SSSR count). The van der Waals surface area contributed by atoms with Gasteiger partial charge < -0.3 is 15.4 Å². The minimum Gasteiger partial charge on any atom is -0.380 e. The molecule has 0 aliphatic heterocycles. The van der Waals surface area contributed by atoms with Gasteiger partial charge in [0, 0.05) is 26.7 Å². The van der Waals surface area contributed by atoms with Gasteiger partial charge in [0.1, 0.15) is 0 Å². The van der Waals surface area contributed by atoms with Gasteiger partial charge in [0.05, 0.1) is 6.61 Å². The number of unbranched alkanes of at least 4 members (excludes halogenated alkanes) is 1. The quantitative estimate of drug-likeness (QED) is 0.280. The molecule has 104 valence electrons. The van der Waals surface area contributed by atoms with Crippen LogP contribution < -0.4 is 10.6 Å². The van der Waals surface area contributed by atoms with Crippen molar-refractivity contribution in [3.8, 4) is 0 Å². The van der Waals surface area contributed by atoms with Crippen LogP contribution >= 0.6 is 35.7 Å². The number of nitrogens with one attached hydrogen (secondary N) is 2. The number of nitrogens with zero attached hydrogens (tertiary/aromatic N) is 1.